The van der Waals surface area contributed by atoms with Gasteiger partial charge in [-0.25, -0.2) is 0 Å². The fourth-order valence-corrected chi connectivity index (χ4v) is 3.02. The summed E-state index contributed by atoms with van der Waals surface area (Å²) >= 11 is 9.95. The molecule has 1 atom stereocenters. The van der Waals surface area contributed by atoms with Crippen LogP contribution in [0.5, 0.6) is 0 Å². The molecule has 21 heavy (non-hydrogen) atoms. The standard InChI is InChI=1S/C15H19BrClN3O/c1-10-11(5-4-6-12(10)16)14(18-2)15-13(17)9-19-20(15)7-8-21-3/h4-6,9,14,18H,7-8H2,1-3H3. The highest BCUT2D eigenvalue weighted by molar-refractivity contribution is 9.10. The molecule has 0 saturated heterocycles. The molecule has 0 saturated carbocycles. The lowest BCUT2D eigenvalue weighted by Crippen LogP contribution is -2.23. The molecule has 0 radical (unpaired) electrons. The number of halogens is 2. The quantitative estimate of drug-likeness (QED) is 0.842. The van der Waals surface area contributed by atoms with Gasteiger partial charge in [-0.05, 0) is 31.2 Å². The summed E-state index contributed by atoms with van der Waals surface area (Å²) in [7, 11) is 3.60. The zero-order chi connectivity index (χ0) is 15.4. The second kappa shape index (κ2) is 7.40. The minimum absolute atomic E-state index is 0.0191. The second-order valence-electron chi connectivity index (χ2n) is 4.77. The predicted octanol–water partition coefficient (Wildman–Crippen LogP) is 3.56. The predicted molar refractivity (Wildman–Crippen MR) is 88.9 cm³/mol. The number of benzene rings is 1. The van der Waals surface area contributed by atoms with E-state index in [4.69, 9.17) is 16.3 Å². The molecule has 1 aromatic carbocycles. The number of ether oxygens (including phenoxy) is 1. The van der Waals surface area contributed by atoms with Crippen molar-refractivity contribution in [3.05, 3.63) is 50.7 Å². The van der Waals surface area contributed by atoms with Gasteiger partial charge < -0.3 is 10.1 Å². The van der Waals surface area contributed by atoms with Crippen molar-refractivity contribution < 1.29 is 4.74 Å². The van der Waals surface area contributed by atoms with Crippen LogP contribution in [0.4, 0.5) is 0 Å². The van der Waals surface area contributed by atoms with Crippen molar-refractivity contribution in [3.63, 3.8) is 0 Å². The molecule has 1 unspecified atom stereocenters. The smallest absolute Gasteiger partial charge is 0.0837 e. The molecule has 1 N–H and O–H groups in total. The molecule has 1 heterocycles. The molecule has 0 bridgehead atoms. The first-order valence-electron chi connectivity index (χ1n) is 6.72. The molecule has 0 aliphatic carbocycles. The third kappa shape index (κ3) is 3.48. The van der Waals surface area contributed by atoms with Crippen LogP contribution in [0.15, 0.2) is 28.9 Å². The minimum Gasteiger partial charge on any atom is -0.383 e. The maximum absolute atomic E-state index is 6.36. The van der Waals surface area contributed by atoms with Gasteiger partial charge >= 0.3 is 0 Å². The van der Waals surface area contributed by atoms with Gasteiger partial charge in [-0.1, -0.05) is 39.7 Å². The summed E-state index contributed by atoms with van der Waals surface area (Å²) in [6, 6.07) is 6.15. The average molecular weight is 373 g/mol. The summed E-state index contributed by atoms with van der Waals surface area (Å²) in [5.41, 5.74) is 3.32. The summed E-state index contributed by atoms with van der Waals surface area (Å²) in [5.74, 6) is 0. The number of rotatable bonds is 6. The van der Waals surface area contributed by atoms with Gasteiger partial charge in [-0.3, -0.25) is 4.68 Å². The van der Waals surface area contributed by atoms with E-state index in [1.807, 2.05) is 23.9 Å². The monoisotopic (exact) mass is 371 g/mol. The first kappa shape index (κ1) is 16.5. The Bertz CT molecular complexity index is 615. The van der Waals surface area contributed by atoms with E-state index in [2.05, 4.69) is 39.3 Å². The normalized spacial score (nSPS) is 12.6. The van der Waals surface area contributed by atoms with Gasteiger partial charge in [0.05, 0.1) is 36.1 Å². The zero-order valence-corrected chi connectivity index (χ0v) is 14.7. The lowest BCUT2D eigenvalue weighted by molar-refractivity contribution is 0.182. The summed E-state index contributed by atoms with van der Waals surface area (Å²) in [4.78, 5) is 0. The number of nitrogens with zero attached hydrogens (tertiary/aromatic N) is 2. The van der Waals surface area contributed by atoms with Gasteiger partial charge in [0.1, 0.15) is 0 Å². The number of hydrogen-bond donors (Lipinski definition) is 1. The van der Waals surface area contributed by atoms with Crippen LogP contribution in [0.25, 0.3) is 0 Å². The molecule has 2 rings (SSSR count). The minimum atomic E-state index is -0.0191. The van der Waals surface area contributed by atoms with E-state index in [0.717, 1.165) is 10.2 Å². The highest BCUT2D eigenvalue weighted by atomic mass is 79.9. The Morgan fingerprint density at radius 3 is 2.90 bits per heavy atom. The van der Waals surface area contributed by atoms with Crippen LogP contribution in [0.3, 0.4) is 0 Å². The molecule has 0 spiro atoms. The van der Waals surface area contributed by atoms with Crippen molar-refractivity contribution in [1.29, 1.82) is 0 Å². The molecule has 1 aromatic heterocycles. The SMILES string of the molecule is CNC(c1cccc(Br)c1C)c1c(Cl)cnn1CCOC. The molecule has 0 amide bonds. The van der Waals surface area contributed by atoms with E-state index in [-0.39, 0.29) is 6.04 Å². The molecular formula is C15H19BrClN3O. The molecule has 4 nitrogen and oxygen atoms in total. The van der Waals surface area contributed by atoms with Gasteiger partial charge in [-0.15, -0.1) is 0 Å². The van der Waals surface area contributed by atoms with Crippen molar-refractivity contribution in [3.8, 4) is 0 Å². The average Bonchev–Trinajstić information content (AvgIpc) is 2.83. The van der Waals surface area contributed by atoms with Crippen LogP contribution in [0, 0.1) is 6.92 Å². The van der Waals surface area contributed by atoms with Gasteiger partial charge in [0.25, 0.3) is 0 Å². The molecule has 2 aromatic rings. The number of aromatic nitrogens is 2. The van der Waals surface area contributed by atoms with Crippen molar-refractivity contribution in [2.24, 2.45) is 0 Å². The first-order valence-corrected chi connectivity index (χ1v) is 7.89. The lowest BCUT2D eigenvalue weighted by atomic mass is 9.99. The third-order valence-corrected chi connectivity index (χ3v) is 4.67. The van der Waals surface area contributed by atoms with E-state index in [9.17, 15) is 0 Å². The Kier molecular flexibility index (Phi) is 5.81. The maximum atomic E-state index is 6.36. The first-order chi connectivity index (χ1) is 10.1. The Hall–Kier alpha value is -0.880. The van der Waals surface area contributed by atoms with Crippen molar-refractivity contribution in [1.82, 2.24) is 15.1 Å². The van der Waals surface area contributed by atoms with E-state index in [0.29, 0.717) is 18.2 Å². The maximum Gasteiger partial charge on any atom is 0.0837 e. The molecule has 0 aliphatic rings. The highest BCUT2D eigenvalue weighted by Crippen LogP contribution is 2.32. The Balaban J connectivity index is 2.46. The van der Waals surface area contributed by atoms with Gasteiger partial charge in [0.2, 0.25) is 0 Å². The zero-order valence-electron chi connectivity index (χ0n) is 12.4. The number of hydrogen-bond acceptors (Lipinski definition) is 3. The fraction of sp³-hybridized carbons (Fsp3) is 0.400. The molecular weight excluding hydrogens is 354 g/mol. The highest BCUT2D eigenvalue weighted by Gasteiger charge is 2.22. The molecule has 0 fully saturated rings. The van der Waals surface area contributed by atoms with Crippen LogP contribution in [-0.4, -0.2) is 30.5 Å². The van der Waals surface area contributed by atoms with Crippen LogP contribution < -0.4 is 5.32 Å². The summed E-state index contributed by atoms with van der Waals surface area (Å²) in [5, 5.41) is 8.35. The molecule has 114 valence electrons. The van der Waals surface area contributed by atoms with E-state index < -0.39 is 0 Å². The largest absolute Gasteiger partial charge is 0.383 e. The second-order valence-corrected chi connectivity index (χ2v) is 6.03. The summed E-state index contributed by atoms with van der Waals surface area (Å²) < 4.78 is 8.12. The Morgan fingerprint density at radius 1 is 1.48 bits per heavy atom. The van der Waals surface area contributed by atoms with Crippen molar-refractivity contribution in [2.45, 2.75) is 19.5 Å². The van der Waals surface area contributed by atoms with E-state index in [1.54, 1.807) is 13.3 Å². The van der Waals surface area contributed by atoms with E-state index in [1.165, 1.54) is 11.1 Å². The van der Waals surface area contributed by atoms with Gasteiger partial charge in [-0.2, -0.15) is 5.10 Å². The van der Waals surface area contributed by atoms with Gasteiger partial charge in [0, 0.05) is 11.6 Å². The van der Waals surface area contributed by atoms with E-state index >= 15 is 0 Å². The summed E-state index contributed by atoms with van der Waals surface area (Å²) in [6.07, 6.45) is 1.68. The Labute approximate surface area is 138 Å². The van der Waals surface area contributed by atoms with Crippen molar-refractivity contribution >= 4 is 27.5 Å². The third-order valence-electron chi connectivity index (χ3n) is 3.52. The van der Waals surface area contributed by atoms with Crippen LogP contribution in [0.2, 0.25) is 5.02 Å². The van der Waals surface area contributed by atoms with Crippen LogP contribution >= 0.6 is 27.5 Å². The molecule has 6 heteroatoms. The topological polar surface area (TPSA) is 39.1 Å². The van der Waals surface area contributed by atoms with Crippen LogP contribution in [0.1, 0.15) is 22.9 Å². The van der Waals surface area contributed by atoms with Crippen LogP contribution in [-0.2, 0) is 11.3 Å². The van der Waals surface area contributed by atoms with Crippen molar-refractivity contribution in [2.75, 3.05) is 20.8 Å². The molecule has 0 aliphatic heterocycles. The number of methoxy groups -OCH3 is 1. The van der Waals surface area contributed by atoms with Gasteiger partial charge in [0.15, 0.2) is 0 Å². The fourth-order valence-electron chi connectivity index (χ4n) is 2.39. The Morgan fingerprint density at radius 2 is 2.24 bits per heavy atom. The summed E-state index contributed by atoms with van der Waals surface area (Å²) in [6.45, 7) is 3.36. The lowest BCUT2D eigenvalue weighted by Gasteiger charge is -2.21. The number of nitrogens with one attached hydrogen (secondary N) is 1.